The normalized spacial score (nSPS) is 52.2. The molecule has 332 valence electrons. The SMILES string of the molecule is CC1(C)C2CCCCC2C2CC(N3C4CCCCC4C4CC(C5CCC6C(C5)C5CCCCC5N6C5CC(C6CCCCC6)CC(C6CCCCC6)N5)CCC43)CCC21. The largest absolute Gasteiger partial charge is 0.299 e. The van der Waals surface area contributed by atoms with Crippen LogP contribution in [-0.4, -0.2) is 52.2 Å². The zero-order chi connectivity index (χ0) is 39.2. The predicted octanol–water partition coefficient (Wildman–Crippen LogP) is 13.8. The van der Waals surface area contributed by atoms with Gasteiger partial charge in [-0.2, -0.15) is 0 Å². The molecule has 0 radical (unpaired) electrons. The molecule has 9 aliphatic carbocycles. The van der Waals surface area contributed by atoms with E-state index >= 15 is 0 Å². The van der Waals surface area contributed by atoms with Crippen LogP contribution in [0.3, 0.4) is 0 Å². The summed E-state index contributed by atoms with van der Waals surface area (Å²) in [7, 11) is 0. The Labute approximate surface area is 364 Å². The first-order chi connectivity index (χ1) is 29.0. The van der Waals surface area contributed by atoms with Crippen LogP contribution in [0, 0.1) is 82.3 Å². The van der Waals surface area contributed by atoms with Crippen molar-refractivity contribution in [3.63, 3.8) is 0 Å². The molecule has 0 aromatic rings. The number of hydrogen-bond acceptors (Lipinski definition) is 3. The lowest BCUT2D eigenvalue weighted by Crippen LogP contribution is -2.61. The number of hydrogen-bond donors (Lipinski definition) is 1. The topological polar surface area (TPSA) is 18.5 Å². The maximum atomic E-state index is 4.61. The average Bonchev–Trinajstić information content (AvgIpc) is 3.89. The minimum Gasteiger partial charge on any atom is -0.299 e. The first-order valence-corrected chi connectivity index (χ1v) is 28.3. The van der Waals surface area contributed by atoms with Gasteiger partial charge in [0.2, 0.25) is 0 Å². The minimum absolute atomic E-state index is 0.605. The van der Waals surface area contributed by atoms with Crippen molar-refractivity contribution in [1.29, 1.82) is 0 Å². The molecule has 3 aliphatic heterocycles. The van der Waals surface area contributed by atoms with Crippen LogP contribution in [0.5, 0.6) is 0 Å². The molecular formula is C56H93N3. The molecule has 3 heteroatoms. The molecular weight excluding hydrogens is 715 g/mol. The van der Waals surface area contributed by atoms with E-state index in [9.17, 15) is 0 Å². The highest BCUT2D eigenvalue weighted by Crippen LogP contribution is 2.65. The maximum absolute atomic E-state index is 4.61. The molecule has 0 aromatic carbocycles. The lowest BCUT2D eigenvalue weighted by Gasteiger charge is -2.51. The van der Waals surface area contributed by atoms with E-state index in [-0.39, 0.29) is 0 Å². The fourth-order valence-electron chi connectivity index (χ4n) is 21.4. The lowest BCUT2D eigenvalue weighted by atomic mass is 9.62. The Kier molecular flexibility index (Phi) is 11.4. The van der Waals surface area contributed by atoms with Gasteiger partial charge in [-0.05, 0) is 204 Å². The minimum atomic E-state index is 0.605. The van der Waals surface area contributed by atoms with Crippen LogP contribution in [-0.2, 0) is 0 Å². The highest BCUT2D eigenvalue weighted by atomic mass is 15.3. The van der Waals surface area contributed by atoms with Gasteiger partial charge in [-0.1, -0.05) is 104 Å². The second-order valence-electron chi connectivity index (χ2n) is 26.0. The third-order valence-electron chi connectivity index (χ3n) is 23.6. The molecule has 0 bridgehead atoms. The number of rotatable bonds is 5. The number of nitrogens with one attached hydrogen (secondary N) is 1. The zero-order valence-corrected chi connectivity index (χ0v) is 38.8. The molecule has 0 amide bonds. The monoisotopic (exact) mass is 808 g/mol. The van der Waals surface area contributed by atoms with Crippen molar-refractivity contribution in [3.8, 4) is 0 Å². The van der Waals surface area contributed by atoms with E-state index in [0.717, 1.165) is 113 Å². The molecule has 12 rings (SSSR count). The van der Waals surface area contributed by atoms with E-state index in [0.29, 0.717) is 11.6 Å². The van der Waals surface area contributed by atoms with Gasteiger partial charge >= 0.3 is 0 Å². The molecule has 12 aliphatic rings. The first-order valence-electron chi connectivity index (χ1n) is 28.3. The Morgan fingerprint density at radius 3 is 1.54 bits per heavy atom. The number of likely N-dealkylation sites (tertiary alicyclic amines) is 2. The summed E-state index contributed by atoms with van der Waals surface area (Å²) in [6.45, 7) is 5.45. The van der Waals surface area contributed by atoms with E-state index in [2.05, 4.69) is 29.0 Å². The molecule has 9 saturated carbocycles. The standard InChI is InChI=1S/C56H93N3/c1-56(2)48-22-12-9-19-42(48)45-35-41(27-28-49(45)56)58-51-23-13-10-20-43(51)46-31-38(25-29-53(46)58)39-26-30-54-47(32-39)44-21-11-14-24-52(44)59(54)55-34-40(36-15-5-3-6-16-36)33-50(57-55)37-17-7-4-8-18-37/h36-55,57H,3-35H2,1-2H3. The molecule has 12 fully saturated rings. The molecule has 3 heterocycles. The molecule has 0 aromatic heterocycles. The van der Waals surface area contributed by atoms with E-state index in [1.165, 1.54) is 103 Å². The molecule has 59 heavy (non-hydrogen) atoms. The Balaban J connectivity index is 0.751. The average molecular weight is 808 g/mol. The van der Waals surface area contributed by atoms with Crippen LogP contribution in [0.25, 0.3) is 0 Å². The van der Waals surface area contributed by atoms with Crippen LogP contribution >= 0.6 is 0 Å². The summed E-state index contributed by atoms with van der Waals surface area (Å²) in [6.07, 6.45) is 51.7. The molecule has 0 spiro atoms. The van der Waals surface area contributed by atoms with Crippen LogP contribution in [0.15, 0.2) is 0 Å². The van der Waals surface area contributed by atoms with Crippen molar-refractivity contribution in [3.05, 3.63) is 0 Å². The summed E-state index contributed by atoms with van der Waals surface area (Å²) in [5.74, 6) is 13.4. The maximum Gasteiger partial charge on any atom is 0.0607 e. The number of piperidine rings is 1. The van der Waals surface area contributed by atoms with Crippen LogP contribution in [0.1, 0.15) is 226 Å². The van der Waals surface area contributed by atoms with Gasteiger partial charge in [0, 0.05) is 36.3 Å². The third-order valence-corrected chi connectivity index (χ3v) is 23.6. The van der Waals surface area contributed by atoms with Gasteiger partial charge in [-0.25, -0.2) is 0 Å². The van der Waals surface area contributed by atoms with Crippen LogP contribution in [0.2, 0.25) is 0 Å². The van der Waals surface area contributed by atoms with Gasteiger partial charge in [0.15, 0.2) is 0 Å². The van der Waals surface area contributed by atoms with Gasteiger partial charge in [0.05, 0.1) is 6.17 Å². The summed E-state index contributed by atoms with van der Waals surface area (Å²) in [5, 5.41) is 4.61. The van der Waals surface area contributed by atoms with E-state index in [1.54, 1.807) is 109 Å². The van der Waals surface area contributed by atoms with Crippen molar-refractivity contribution in [2.45, 2.75) is 268 Å². The summed E-state index contributed by atoms with van der Waals surface area (Å²) in [4.78, 5) is 6.73. The Morgan fingerprint density at radius 2 is 0.864 bits per heavy atom. The molecule has 3 nitrogen and oxygen atoms in total. The smallest absolute Gasteiger partial charge is 0.0607 e. The van der Waals surface area contributed by atoms with Gasteiger partial charge < -0.3 is 0 Å². The zero-order valence-electron chi connectivity index (χ0n) is 38.8. The fourth-order valence-corrected chi connectivity index (χ4v) is 21.4. The Hall–Kier alpha value is -0.120. The number of nitrogens with zero attached hydrogens (tertiary/aromatic N) is 2. The van der Waals surface area contributed by atoms with Crippen molar-refractivity contribution < 1.29 is 0 Å². The molecule has 3 saturated heterocycles. The summed E-state index contributed by atoms with van der Waals surface area (Å²) >= 11 is 0. The van der Waals surface area contributed by atoms with Gasteiger partial charge in [0.1, 0.15) is 0 Å². The molecule has 18 unspecified atom stereocenters. The number of fused-ring (bicyclic) bond motifs is 9. The molecule has 18 atom stereocenters. The summed E-state index contributed by atoms with van der Waals surface area (Å²) in [5.41, 5.74) is 0.605. The second-order valence-corrected chi connectivity index (χ2v) is 26.0. The molecule has 1 N–H and O–H groups in total. The highest BCUT2D eigenvalue weighted by molar-refractivity contribution is 5.12. The van der Waals surface area contributed by atoms with Crippen LogP contribution in [0.4, 0.5) is 0 Å². The lowest BCUT2D eigenvalue weighted by molar-refractivity contribution is -0.0101. The van der Waals surface area contributed by atoms with E-state index in [1.807, 2.05) is 0 Å². The van der Waals surface area contributed by atoms with Crippen molar-refractivity contribution in [2.24, 2.45) is 82.3 Å². The van der Waals surface area contributed by atoms with Crippen molar-refractivity contribution >= 4 is 0 Å². The summed E-state index contributed by atoms with van der Waals surface area (Å²) < 4.78 is 0. The van der Waals surface area contributed by atoms with E-state index in [4.69, 9.17) is 0 Å². The van der Waals surface area contributed by atoms with E-state index < -0.39 is 0 Å². The first kappa shape index (κ1) is 40.4. The fraction of sp³-hybridized carbons (Fsp3) is 1.00. The van der Waals surface area contributed by atoms with Gasteiger partial charge in [0.25, 0.3) is 0 Å². The van der Waals surface area contributed by atoms with Crippen molar-refractivity contribution in [1.82, 2.24) is 15.1 Å². The van der Waals surface area contributed by atoms with Gasteiger partial charge in [-0.3, -0.25) is 15.1 Å². The predicted molar refractivity (Wildman–Crippen MR) is 245 cm³/mol. The summed E-state index contributed by atoms with van der Waals surface area (Å²) in [6, 6.07) is 5.44. The third kappa shape index (κ3) is 7.07. The van der Waals surface area contributed by atoms with Crippen LogP contribution < -0.4 is 5.32 Å². The Morgan fingerprint density at radius 1 is 0.339 bits per heavy atom. The Bertz CT molecular complexity index is 1400. The van der Waals surface area contributed by atoms with Gasteiger partial charge in [-0.15, -0.1) is 0 Å². The van der Waals surface area contributed by atoms with Crippen molar-refractivity contribution in [2.75, 3.05) is 0 Å². The quantitative estimate of drug-likeness (QED) is 0.298. The second kappa shape index (κ2) is 16.7. The highest BCUT2D eigenvalue weighted by Gasteiger charge is 2.61.